The van der Waals surface area contributed by atoms with Crippen LogP contribution in [0.1, 0.15) is 75.8 Å². The molecule has 0 unspecified atom stereocenters. The van der Waals surface area contributed by atoms with E-state index in [4.69, 9.17) is 18.3 Å². The standard InChI is InChI=1S/C25H29NO5.C13H14INO/c1-4-22-21(26-24(31-22)19-11-9-17(2)10-12-19)16-30-14-6-13-29-15-20-8-5-7-18(3)23(20)25(27)28;1-3-12-11(8-14)15-13(16-12)10-6-4-9(2)5-7-10/h5,7-12H,4,6,13-16H2,1-3H3,(H,27,28);4-7H,3,8H2,1-2H3. The topological polar surface area (TPSA) is 108 Å². The summed E-state index contributed by atoms with van der Waals surface area (Å²) in [6.07, 6.45) is 2.36. The number of aryl methyl sites for hydroxylation is 5. The van der Waals surface area contributed by atoms with Gasteiger partial charge in [0.1, 0.15) is 17.2 Å². The first kappa shape index (κ1) is 36.0. The van der Waals surface area contributed by atoms with E-state index in [2.05, 4.69) is 70.7 Å². The number of aromatic nitrogens is 2. The van der Waals surface area contributed by atoms with Crippen LogP contribution in [0.5, 0.6) is 0 Å². The summed E-state index contributed by atoms with van der Waals surface area (Å²) in [5, 5.41) is 9.37. The number of oxazole rings is 2. The summed E-state index contributed by atoms with van der Waals surface area (Å²) in [5.74, 6) is 2.27. The minimum Gasteiger partial charge on any atom is -0.478 e. The van der Waals surface area contributed by atoms with Crippen molar-refractivity contribution in [2.75, 3.05) is 13.2 Å². The molecule has 0 amide bonds. The molecule has 0 spiro atoms. The Labute approximate surface area is 290 Å². The molecule has 47 heavy (non-hydrogen) atoms. The second-order valence-electron chi connectivity index (χ2n) is 11.2. The molecule has 5 rings (SSSR count). The van der Waals surface area contributed by atoms with Crippen molar-refractivity contribution in [3.63, 3.8) is 0 Å². The summed E-state index contributed by atoms with van der Waals surface area (Å²) in [6.45, 7) is 11.7. The fourth-order valence-corrected chi connectivity index (χ4v) is 5.54. The molecule has 2 aromatic heterocycles. The summed E-state index contributed by atoms with van der Waals surface area (Å²) in [7, 11) is 0. The highest BCUT2D eigenvalue weighted by Crippen LogP contribution is 2.25. The Hall–Kier alpha value is -3.80. The lowest BCUT2D eigenvalue weighted by Crippen LogP contribution is -2.08. The molecule has 0 fully saturated rings. The number of carbonyl (C=O) groups is 1. The number of hydrogen-bond acceptors (Lipinski definition) is 7. The Bertz CT molecular complexity index is 1700. The van der Waals surface area contributed by atoms with Crippen LogP contribution in [0.15, 0.2) is 75.6 Å². The average molecular weight is 751 g/mol. The summed E-state index contributed by atoms with van der Waals surface area (Å²) in [6, 6.07) is 21.8. The zero-order valence-corrected chi connectivity index (χ0v) is 29.9. The van der Waals surface area contributed by atoms with Crippen molar-refractivity contribution in [1.82, 2.24) is 9.97 Å². The van der Waals surface area contributed by atoms with Gasteiger partial charge in [-0.25, -0.2) is 14.8 Å². The predicted octanol–water partition coefficient (Wildman–Crippen LogP) is 9.49. The summed E-state index contributed by atoms with van der Waals surface area (Å²) >= 11 is 2.32. The van der Waals surface area contributed by atoms with Gasteiger partial charge in [-0.3, -0.25) is 0 Å². The highest BCUT2D eigenvalue weighted by molar-refractivity contribution is 14.1. The Morgan fingerprint density at radius 1 is 0.745 bits per heavy atom. The lowest BCUT2D eigenvalue weighted by Gasteiger charge is -2.10. The maximum absolute atomic E-state index is 11.4. The molecule has 3 aromatic carbocycles. The first-order valence-corrected chi connectivity index (χ1v) is 17.4. The largest absolute Gasteiger partial charge is 0.478 e. The minimum absolute atomic E-state index is 0.270. The molecule has 0 aliphatic heterocycles. The van der Waals surface area contributed by atoms with Crippen LogP contribution >= 0.6 is 22.6 Å². The fourth-order valence-electron chi connectivity index (χ4n) is 4.94. The van der Waals surface area contributed by atoms with Crippen molar-refractivity contribution in [2.24, 2.45) is 0 Å². The highest BCUT2D eigenvalue weighted by atomic mass is 127. The van der Waals surface area contributed by atoms with E-state index in [1.807, 2.05) is 44.2 Å². The van der Waals surface area contributed by atoms with Gasteiger partial charge in [-0.1, -0.05) is 90.0 Å². The Morgan fingerprint density at radius 2 is 1.26 bits per heavy atom. The van der Waals surface area contributed by atoms with Gasteiger partial charge in [0.2, 0.25) is 11.8 Å². The summed E-state index contributed by atoms with van der Waals surface area (Å²) in [5.41, 5.74) is 8.09. The van der Waals surface area contributed by atoms with Gasteiger partial charge in [0.25, 0.3) is 0 Å². The molecule has 248 valence electrons. The third-order valence-corrected chi connectivity index (χ3v) is 8.29. The molecule has 1 N–H and O–H groups in total. The van der Waals surface area contributed by atoms with E-state index >= 15 is 0 Å². The van der Waals surface area contributed by atoms with Crippen molar-refractivity contribution in [1.29, 1.82) is 0 Å². The van der Waals surface area contributed by atoms with Crippen molar-refractivity contribution in [3.8, 4) is 22.9 Å². The van der Waals surface area contributed by atoms with E-state index in [0.29, 0.717) is 43.3 Å². The maximum atomic E-state index is 11.4. The second-order valence-corrected chi connectivity index (χ2v) is 12.0. The molecule has 0 saturated heterocycles. The fraction of sp³-hybridized carbons (Fsp3) is 0.342. The molecule has 9 heteroatoms. The number of nitrogens with zero attached hydrogens (tertiary/aromatic N) is 2. The van der Waals surface area contributed by atoms with Crippen LogP contribution in [-0.4, -0.2) is 34.3 Å². The minimum atomic E-state index is -0.926. The van der Waals surface area contributed by atoms with E-state index in [1.165, 1.54) is 11.1 Å². The number of aromatic carboxylic acids is 1. The van der Waals surface area contributed by atoms with Crippen LogP contribution in [0.3, 0.4) is 0 Å². The quantitative estimate of drug-likeness (QED) is 0.0680. The van der Waals surface area contributed by atoms with Gasteiger partial charge in [-0.2, -0.15) is 0 Å². The first-order valence-electron chi connectivity index (χ1n) is 15.9. The number of carboxylic acids is 1. The Kier molecular flexibility index (Phi) is 13.8. The normalized spacial score (nSPS) is 10.9. The molecule has 0 aliphatic carbocycles. The molecule has 0 saturated carbocycles. The van der Waals surface area contributed by atoms with Crippen molar-refractivity contribution >= 4 is 28.6 Å². The molecule has 0 bridgehead atoms. The smallest absolute Gasteiger partial charge is 0.336 e. The number of rotatable bonds is 14. The number of ether oxygens (including phenoxy) is 2. The number of benzene rings is 3. The van der Waals surface area contributed by atoms with E-state index in [9.17, 15) is 9.90 Å². The van der Waals surface area contributed by atoms with Gasteiger partial charge in [0.05, 0.1) is 24.5 Å². The molecular weight excluding hydrogens is 707 g/mol. The zero-order chi connectivity index (χ0) is 33.8. The van der Waals surface area contributed by atoms with E-state index in [0.717, 1.165) is 62.8 Å². The van der Waals surface area contributed by atoms with E-state index in [-0.39, 0.29) is 6.61 Å². The van der Waals surface area contributed by atoms with Crippen LogP contribution in [0.25, 0.3) is 22.9 Å². The number of alkyl halides is 1. The number of hydrogen-bond donors (Lipinski definition) is 1. The summed E-state index contributed by atoms with van der Waals surface area (Å²) < 4.78 is 24.0. The average Bonchev–Trinajstić information content (AvgIpc) is 3.69. The molecule has 0 radical (unpaired) electrons. The van der Waals surface area contributed by atoms with Gasteiger partial charge < -0.3 is 23.4 Å². The first-order chi connectivity index (χ1) is 22.7. The van der Waals surface area contributed by atoms with Gasteiger partial charge in [-0.05, 0) is 62.6 Å². The lowest BCUT2D eigenvalue weighted by atomic mass is 10.0. The molecule has 8 nitrogen and oxygen atoms in total. The van der Waals surface area contributed by atoms with Gasteiger partial charge in [0, 0.05) is 41.6 Å². The number of carboxylic acid groups (broad SMARTS) is 1. The van der Waals surface area contributed by atoms with Crippen LogP contribution in [0.4, 0.5) is 0 Å². The van der Waals surface area contributed by atoms with Crippen LogP contribution < -0.4 is 0 Å². The molecule has 2 heterocycles. The third kappa shape index (κ3) is 10.1. The monoisotopic (exact) mass is 750 g/mol. The third-order valence-electron chi connectivity index (χ3n) is 7.57. The molecule has 0 atom stereocenters. The van der Waals surface area contributed by atoms with Crippen LogP contribution in [-0.2, 0) is 40.0 Å². The molecular formula is C38H43IN2O6. The lowest BCUT2D eigenvalue weighted by molar-refractivity contribution is 0.0639. The summed E-state index contributed by atoms with van der Waals surface area (Å²) in [4.78, 5) is 20.6. The van der Waals surface area contributed by atoms with Crippen LogP contribution in [0, 0.1) is 20.8 Å². The van der Waals surface area contributed by atoms with Gasteiger partial charge in [-0.15, -0.1) is 0 Å². The highest BCUT2D eigenvalue weighted by Gasteiger charge is 2.15. The van der Waals surface area contributed by atoms with E-state index < -0.39 is 5.97 Å². The van der Waals surface area contributed by atoms with Crippen molar-refractivity contribution in [3.05, 3.63) is 117 Å². The SMILES string of the molecule is CCc1oc(-c2ccc(C)cc2)nc1CI.CCc1oc(-c2ccc(C)cc2)nc1COCCCOCc1cccc(C)c1C(=O)O. The van der Waals surface area contributed by atoms with Crippen LogP contribution in [0.2, 0.25) is 0 Å². The van der Waals surface area contributed by atoms with Crippen molar-refractivity contribution < 1.29 is 28.2 Å². The zero-order valence-electron chi connectivity index (χ0n) is 27.8. The predicted molar refractivity (Wildman–Crippen MR) is 192 cm³/mol. The second kappa shape index (κ2) is 17.9. The molecule has 5 aromatic rings. The van der Waals surface area contributed by atoms with Gasteiger partial charge >= 0.3 is 5.97 Å². The Morgan fingerprint density at radius 3 is 1.74 bits per heavy atom. The molecule has 0 aliphatic rings. The number of halogens is 1. The van der Waals surface area contributed by atoms with Gasteiger partial charge in [0.15, 0.2) is 0 Å². The maximum Gasteiger partial charge on any atom is 0.336 e. The van der Waals surface area contributed by atoms with Crippen molar-refractivity contribution in [2.45, 2.75) is 71.5 Å². The Balaban J connectivity index is 0.000000261. The van der Waals surface area contributed by atoms with E-state index in [1.54, 1.807) is 19.1 Å².